The van der Waals surface area contributed by atoms with E-state index in [0.29, 0.717) is 19.3 Å². The predicted octanol–water partition coefficient (Wildman–Crippen LogP) is 0.300. The highest BCUT2D eigenvalue weighted by atomic mass is 16.7. The number of ether oxygens (including phenoxy) is 3. The Morgan fingerprint density at radius 3 is 3.05 bits per heavy atom. The van der Waals surface area contributed by atoms with Crippen LogP contribution in [0.4, 0.5) is 0 Å². The standard InChI is InChI=1S/C15H21NO6/c1-2-3-10(17)20-6-11(18)21-12-8-4-9-13(12)22-14(19)15(9,5-8)7-16/h8-9,11-14,18-19H,2-6H2,1H3. The van der Waals surface area contributed by atoms with Crippen molar-refractivity contribution >= 4 is 5.97 Å². The number of carbonyl (C=O) groups excluding carboxylic acids is 1. The van der Waals surface area contributed by atoms with E-state index in [4.69, 9.17) is 14.2 Å². The van der Waals surface area contributed by atoms with Gasteiger partial charge in [-0.2, -0.15) is 5.26 Å². The number of carbonyl (C=O) groups is 1. The molecule has 7 nitrogen and oxygen atoms in total. The van der Waals surface area contributed by atoms with E-state index >= 15 is 0 Å². The summed E-state index contributed by atoms with van der Waals surface area (Å²) >= 11 is 0. The average Bonchev–Trinajstić information content (AvgIpc) is 3.07. The third-order valence-corrected chi connectivity index (χ3v) is 5.09. The van der Waals surface area contributed by atoms with Crippen LogP contribution in [-0.2, 0) is 19.0 Å². The van der Waals surface area contributed by atoms with Crippen molar-refractivity contribution in [3.05, 3.63) is 0 Å². The number of hydrogen-bond donors (Lipinski definition) is 2. The van der Waals surface area contributed by atoms with Crippen LogP contribution in [0.1, 0.15) is 32.6 Å². The summed E-state index contributed by atoms with van der Waals surface area (Å²) in [5, 5.41) is 29.3. The van der Waals surface area contributed by atoms with Crippen molar-refractivity contribution < 1.29 is 29.2 Å². The summed E-state index contributed by atoms with van der Waals surface area (Å²) in [4.78, 5) is 11.3. The maximum Gasteiger partial charge on any atom is 0.305 e. The largest absolute Gasteiger partial charge is 0.460 e. The molecule has 7 unspecified atom stereocenters. The first-order valence-corrected chi connectivity index (χ1v) is 7.75. The Morgan fingerprint density at radius 1 is 1.59 bits per heavy atom. The quantitative estimate of drug-likeness (QED) is 0.536. The van der Waals surface area contributed by atoms with Gasteiger partial charge in [-0.3, -0.25) is 4.79 Å². The lowest BCUT2D eigenvalue weighted by Crippen LogP contribution is -2.41. The molecule has 2 bridgehead atoms. The lowest BCUT2D eigenvalue weighted by molar-refractivity contribution is -0.207. The van der Waals surface area contributed by atoms with Crippen LogP contribution in [0.25, 0.3) is 0 Å². The molecular weight excluding hydrogens is 290 g/mol. The SMILES string of the molecule is CCCC(=O)OCC(O)OC1C2CC3C1OC(O)C3(C#N)C2. The zero-order valence-electron chi connectivity index (χ0n) is 12.5. The molecule has 0 aromatic heterocycles. The number of nitrogens with zero attached hydrogens (tertiary/aromatic N) is 1. The van der Waals surface area contributed by atoms with Gasteiger partial charge in [-0.15, -0.1) is 0 Å². The summed E-state index contributed by atoms with van der Waals surface area (Å²) in [6, 6.07) is 2.22. The van der Waals surface area contributed by atoms with Crippen LogP contribution >= 0.6 is 0 Å². The molecule has 7 heteroatoms. The molecule has 3 aliphatic rings. The molecule has 1 aliphatic heterocycles. The number of nitriles is 1. The molecule has 0 aromatic rings. The van der Waals surface area contributed by atoms with E-state index in [-0.39, 0.29) is 36.6 Å². The first kappa shape index (κ1) is 15.7. The van der Waals surface area contributed by atoms with Crippen molar-refractivity contribution in [2.24, 2.45) is 17.3 Å². The Kier molecular flexibility index (Phi) is 4.12. The molecule has 0 spiro atoms. The molecule has 0 radical (unpaired) electrons. The Balaban J connectivity index is 1.56. The van der Waals surface area contributed by atoms with E-state index in [1.54, 1.807) is 0 Å². The molecule has 2 aliphatic carbocycles. The van der Waals surface area contributed by atoms with Crippen molar-refractivity contribution in [2.45, 2.75) is 57.4 Å². The van der Waals surface area contributed by atoms with Gasteiger partial charge in [0.15, 0.2) is 12.6 Å². The second-order valence-corrected chi connectivity index (χ2v) is 6.40. The number of aliphatic hydroxyl groups excluding tert-OH is 2. The zero-order chi connectivity index (χ0) is 15.9. The van der Waals surface area contributed by atoms with Crippen LogP contribution in [0.3, 0.4) is 0 Å². The second kappa shape index (κ2) is 5.78. The van der Waals surface area contributed by atoms with Crippen LogP contribution in [0.5, 0.6) is 0 Å². The third-order valence-electron chi connectivity index (χ3n) is 5.09. The zero-order valence-corrected chi connectivity index (χ0v) is 12.5. The van der Waals surface area contributed by atoms with E-state index in [1.807, 2.05) is 6.92 Å². The molecule has 1 saturated heterocycles. The van der Waals surface area contributed by atoms with Gasteiger partial charge in [0.25, 0.3) is 0 Å². The first-order chi connectivity index (χ1) is 10.5. The van der Waals surface area contributed by atoms with Gasteiger partial charge in [0.2, 0.25) is 0 Å². The van der Waals surface area contributed by atoms with Crippen LogP contribution in [0.15, 0.2) is 0 Å². The average molecular weight is 311 g/mol. The molecule has 2 N–H and O–H groups in total. The van der Waals surface area contributed by atoms with Crippen LogP contribution in [-0.4, -0.2) is 47.6 Å². The third kappa shape index (κ3) is 2.31. The minimum absolute atomic E-state index is 0.0580. The summed E-state index contributed by atoms with van der Waals surface area (Å²) in [6.07, 6.45) is -0.803. The second-order valence-electron chi connectivity index (χ2n) is 6.40. The fourth-order valence-corrected chi connectivity index (χ4v) is 4.14. The van der Waals surface area contributed by atoms with Gasteiger partial charge in [0.1, 0.15) is 12.0 Å². The van der Waals surface area contributed by atoms with Crippen molar-refractivity contribution in [3.8, 4) is 6.07 Å². The van der Waals surface area contributed by atoms with Gasteiger partial charge in [-0.1, -0.05) is 6.92 Å². The Morgan fingerprint density at radius 2 is 2.36 bits per heavy atom. The summed E-state index contributed by atoms with van der Waals surface area (Å²) < 4.78 is 16.0. The molecule has 0 aromatic carbocycles. The highest BCUT2D eigenvalue weighted by Gasteiger charge is 2.70. The number of fused-ring (bicyclic) bond motifs is 1. The van der Waals surface area contributed by atoms with Gasteiger partial charge >= 0.3 is 5.97 Å². The maximum absolute atomic E-state index is 11.3. The minimum Gasteiger partial charge on any atom is -0.460 e. The van der Waals surface area contributed by atoms with Crippen molar-refractivity contribution in [1.82, 2.24) is 0 Å². The first-order valence-electron chi connectivity index (χ1n) is 7.75. The van der Waals surface area contributed by atoms with Gasteiger partial charge in [0, 0.05) is 12.3 Å². The molecule has 3 fully saturated rings. The molecule has 2 saturated carbocycles. The predicted molar refractivity (Wildman–Crippen MR) is 71.9 cm³/mol. The smallest absolute Gasteiger partial charge is 0.305 e. The number of esters is 1. The number of hydrogen-bond acceptors (Lipinski definition) is 7. The Bertz CT molecular complexity index is 491. The van der Waals surface area contributed by atoms with Crippen LogP contribution < -0.4 is 0 Å². The fourth-order valence-electron chi connectivity index (χ4n) is 4.14. The molecule has 0 amide bonds. The van der Waals surface area contributed by atoms with E-state index in [1.165, 1.54) is 0 Å². The summed E-state index contributed by atoms with van der Waals surface area (Å²) in [5.41, 5.74) is -0.826. The van der Waals surface area contributed by atoms with E-state index in [9.17, 15) is 20.3 Å². The van der Waals surface area contributed by atoms with Crippen molar-refractivity contribution in [3.63, 3.8) is 0 Å². The lowest BCUT2D eigenvalue weighted by atomic mass is 9.74. The summed E-state index contributed by atoms with van der Waals surface area (Å²) in [5.74, 6) is -0.348. The van der Waals surface area contributed by atoms with E-state index in [2.05, 4.69) is 6.07 Å². The molecule has 22 heavy (non-hydrogen) atoms. The summed E-state index contributed by atoms with van der Waals surface area (Å²) in [6.45, 7) is 1.65. The molecular formula is C15H21NO6. The normalized spacial score (nSPS) is 43.1. The van der Waals surface area contributed by atoms with Crippen molar-refractivity contribution in [2.75, 3.05) is 6.61 Å². The van der Waals surface area contributed by atoms with Gasteiger partial charge < -0.3 is 24.4 Å². The Hall–Kier alpha value is -1.20. The van der Waals surface area contributed by atoms with Gasteiger partial charge in [-0.05, 0) is 25.2 Å². The number of rotatable bonds is 6. The Labute approximate surface area is 128 Å². The topological polar surface area (TPSA) is 109 Å². The molecule has 3 rings (SSSR count). The number of aliphatic hydroxyl groups is 2. The highest BCUT2D eigenvalue weighted by Crippen LogP contribution is 2.63. The van der Waals surface area contributed by atoms with Gasteiger partial charge in [0.05, 0.1) is 18.3 Å². The molecule has 1 heterocycles. The summed E-state index contributed by atoms with van der Waals surface area (Å²) in [7, 11) is 0. The molecule has 7 atom stereocenters. The molecule has 122 valence electrons. The van der Waals surface area contributed by atoms with Crippen molar-refractivity contribution in [1.29, 1.82) is 5.26 Å². The highest BCUT2D eigenvalue weighted by molar-refractivity contribution is 5.69. The van der Waals surface area contributed by atoms with Crippen LogP contribution in [0.2, 0.25) is 0 Å². The fraction of sp³-hybridized carbons (Fsp3) is 0.867. The monoisotopic (exact) mass is 311 g/mol. The van der Waals surface area contributed by atoms with E-state index in [0.717, 1.165) is 6.42 Å². The minimum atomic E-state index is -1.22. The van der Waals surface area contributed by atoms with E-state index < -0.39 is 18.0 Å². The lowest BCUT2D eigenvalue weighted by Gasteiger charge is -2.31. The maximum atomic E-state index is 11.3. The van der Waals surface area contributed by atoms with Gasteiger partial charge in [-0.25, -0.2) is 0 Å². The van der Waals surface area contributed by atoms with Crippen LogP contribution in [0, 0.1) is 28.6 Å².